The fourth-order valence-electron chi connectivity index (χ4n) is 2.55. The zero-order valence-corrected chi connectivity index (χ0v) is 14.8. The molecule has 1 radical (unpaired) electrons. The Bertz CT molecular complexity index is 808. The highest BCUT2D eigenvalue weighted by Crippen LogP contribution is 2.35. The Labute approximate surface area is 144 Å². The number of aliphatic imine (C=N–C) groups is 1. The number of benzene rings is 1. The van der Waals surface area contributed by atoms with Crippen molar-refractivity contribution in [2.24, 2.45) is 4.99 Å². The Kier molecular flexibility index (Phi) is 4.64. The van der Waals surface area contributed by atoms with Crippen LogP contribution in [0.3, 0.4) is 0 Å². The fraction of sp³-hybridized carbons (Fsp3) is 0.294. The lowest BCUT2D eigenvalue weighted by Gasteiger charge is -2.13. The minimum Gasteiger partial charge on any atom is -0.609 e. The summed E-state index contributed by atoms with van der Waals surface area (Å²) in [6.45, 7) is 3.85. The van der Waals surface area contributed by atoms with Gasteiger partial charge in [-0.15, -0.1) is 0 Å². The molecule has 1 aromatic heterocycles. The smallest absolute Gasteiger partial charge is 0.344 e. The van der Waals surface area contributed by atoms with E-state index in [4.69, 9.17) is 9.47 Å². The lowest BCUT2D eigenvalue weighted by atomic mass is 10.1. The predicted octanol–water partition coefficient (Wildman–Crippen LogP) is 2.90. The number of hydrogen-bond acceptors (Lipinski definition) is 5. The molecule has 0 fully saturated rings. The van der Waals surface area contributed by atoms with Gasteiger partial charge in [-0.2, -0.15) is 10.3 Å². The van der Waals surface area contributed by atoms with Gasteiger partial charge >= 0.3 is 5.17 Å². The molecule has 6 nitrogen and oxygen atoms in total. The third kappa shape index (κ3) is 3.05. The molecule has 2 aromatic rings. The van der Waals surface area contributed by atoms with Crippen LogP contribution in [-0.4, -0.2) is 28.9 Å². The van der Waals surface area contributed by atoms with E-state index >= 15 is 0 Å². The summed E-state index contributed by atoms with van der Waals surface area (Å²) in [7, 11) is 3.21. The van der Waals surface area contributed by atoms with Crippen LogP contribution in [0.2, 0.25) is 0 Å². The van der Waals surface area contributed by atoms with Gasteiger partial charge in [0.25, 0.3) is 0 Å². The number of amidine groups is 1. The summed E-state index contributed by atoms with van der Waals surface area (Å²) in [6.07, 6.45) is 1.73. The minimum absolute atomic E-state index is 0.246. The zero-order chi connectivity index (χ0) is 17.3. The molecule has 1 aromatic carbocycles. The molecule has 0 saturated heterocycles. The summed E-state index contributed by atoms with van der Waals surface area (Å²) < 4.78 is 23.2. The van der Waals surface area contributed by atoms with Crippen LogP contribution in [0, 0.1) is 13.8 Å². The molecule has 1 atom stereocenters. The first kappa shape index (κ1) is 16.6. The van der Waals surface area contributed by atoms with Gasteiger partial charge in [-0.3, -0.25) is 4.98 Å². The van der Waals surface area contributed by atoms with Gasteiger partial charge < -0.3 is 14.0 Å². The summed E-state index contributed by atoms with van der Waals surface area (Å²) in [5.74, 6) is 1.71. The molecular weight excluding hydrogens is 326 g/mol. The van der Waals surface area contributed by atoms with E-state index in [9.17, 15) is 4.55 Å². The zero-order valence-electron chi connectivity index (χ0n) is 14.0. The van der Waals surface area contributed by atoms with E-state index in [1.54, 1.807) is 38.6 Å². The average Bonchev–Trinajstić information content (AvgIpc) is 3.01. The number of pyridine rings is 1. The van der Waals surface area contributed by atoms with Crippen LogP contribution in [0.25, 0.3) is 0 Å². The lowest BCUT2D eigenvalue weighted by Crippen LogP contribution is -2.22. The maximum absolute atomic E-state index is 12.6. The molecule has 125 valence electrons. The first-order valence-electron chi connectivity index (χ1n) is 7.39. The summed E-state index contributed by atoms with van der Waals surface area (Å²) in [5, 5.41) is 4.65. The maximum atomic E-state index is 12.6. The van der Waals surface area contributed by atoms with Gasteiger partial charge in [-0.1, -0.05) is 0 Å². The van der Waals surface area contributed by atoms with Crippen LogP contribution < -0.4 is 14.8 Å². The van der Waals surface area contributed by atoms with E-state index in [0.29, 0.717) is 22.3 Å². The number of ether oxygens (including phenoxy) is 2. The van der Waals surface area contributed by atoms with Crippen molar-refractivity contribution < 1.29 is 14.0 Å². The molecule has 0 unspecified atom stereocenters. The molecule has 0 N–H and O–H groups in total. The van der Waals surface area contributed by atoms with E-state index in [0.717, 1.165) is 22.6 Å². The van der Waals surface area contributed by atoms with Crippen LogP contribution in [0.1, 0.15) is 16.8 Å². The van der Waals surface area contributed by atoms with Crippen molar-refractivity contribution in [3.05, 3.63) is 41.2 Å². The second kappa shape index (κ2) is 6.70. The first-order valence-corrected chi connectivity index (χ1v) is 8.71. The highest BCUT2D eigenvalue weighted by Gasteiger charge is 2.28. The normalized spacial score (nSPS) is 13.8. The molecule has 3 rings (SSSR count). The lowest BCUT2D eigenvalue weighted by molar-refractivity contribution is 0.407. The Morgan fingerprint density at radius 2 is 1.92 bits per heavy atom. The summed E-state index contributed by atoms with van der Waals surface area (Å²) >= 11 is -1.38. The fourth-order valence-corrected chi connectivity index (χ4v) is 3.62. The van der Waals surface area contributed by atoms with Gasteiger partial charge in [0, 0.05) is 34.6 Å². The number of hydrogen-bond donors (Lipinski definition) is 0. The second-order valence-corrected chi connectivity index (χ2v) is 6.74. The second-order valence-electron chi connectivity index (χ2n) is 5.40. The van der Waals surface area contributed by atoms with Gasteiger partial charge in [0.15, 0.2) is 5.75 Å². The van der Waals surface area contributed by atoms with Crippen molar-refractivity contribution in [3.8, 4) is 11.5 Å². The summed E-state index contributed by atoms with van der Waals surface area (Å²) in [4.78, 5) is 8.74. The van der Waals surface area contributed by atoms with E-state index < -0.39 is 11.2 Å². The molecule has 0 spiro atoms. The highest BCUT2D eigenvalue weighted by molar-refractivity contribution is 8.05. The summed E-state index contributed by atoms with van der Waals surface area (Å²) in [5.41, 5.74) is 3.94. The molecule has 7 heteroatoms. The van der Waals surface area contributed by atoms with Crippen LogP contribution in [0.5, 0.6) is 11.5 Å². The van der Waals surface area contributed by atoms with E-state index in [2.05, 4.69) is 15.3 Å². The van der Waals surface area contributed by atoms with Gasteiger partial charge in [-0.05, 0) is 26.0 Å². The Hall–Kier alpha value is -2.25. The summed E-state index contributed by atoms with van der Waals surface area (Å²) in [6, 6.07) is 5.39. The van der Waals surface area contributed by atoms with E-state index in [1.807, 2.05) is 13.8 Å². The molecule has 0 amide bonds. The predicted molar refractivity (Wildman–Crippen MR) is 94.0 cm³/mol. The maximum Gasteiger partial charge on any atom is 0.344 e. The molecule has 2 heterocycles. The number of fused-ring (bicyclic) bond motifs is 1. The van der Waals surface area contributed by atoms with Crippen molar-refractivity contribution >= 4 is 27.7 Å². The molecular formula is C17H18N3O3S. The SMILES string of the molecule is COc1ccc2c(c1)N=C([S@@+]([O-])Cc1ncc(C)c(OC)c1C)[N]2. The highest BCUT2D eigenvalue weighted by atomic mass is 32.2. The van der Waals surface area contributed by atoms with Crippen LogP contribution in [0.4, 0.5) is 11.4 Å². The largest absolute Gasteiger partial charge is 0.609 e. The number of aromatic nitrogens is 1. The van der Waals surface area contributed by atoms with Gasteiger partial charge in [0.05, 0.1) is 31.3 Å². The Morgan fingerprint density at radius 3 is 2.62 bits per heavy atom. The van der Waals surface area contributed by atoms with E-state index in [-0.39, 0.29) is 5.75 Å². The number of nitrogens with zero attached hydrogens (tertiary/aromatic N) is 3. The van der Waals surface area contributed by atoms with Crippen LogP contribution in [0.15, 0.2) is 29.4 Å². The quantitative estimate of drug-likeness (QED) is 0.799. The molecule has 0 bridgehead atoms. The molecule has 24 heavy (non-hydrogen) atoms. The molecule has 1 aliphatic rings. The van der Waals surface area contributed by atoms with Crippen molar-refractivity contribution in [2.75, 3.05) is 14.2 Å². The van der Waals surface area contributed by atoms with Crippen LogP contribution >= 0.6 is 0 Å². The standard InChI is InChI=1S/C17H18N3O3S/c1-10-8-18-15(11(2)16(10)23-4)9-24(21)17-19-13-6-5-12(22-3)7-14(13)20-17/h5-8H,9H2,1-4H3/t24-/m0/s1. The van der Waals surface area contributed by atoms with Crippen LogP contribution in [-0.2, 0) is 16.9 Å². The Balaban J connectivity index is 1.80. The monoisotopic (exact) mass is 344 g/mol. The van der Waals surface area contributed by atoms with Crippen molar-refractivity contribution in [2.45, 2.75) is 19.6 Å². The molecule has 1 aliphatic heterocycles. The topological polar surface area (TPSA) is 80.9 Å². The molecule has 0 saturated carbocycles. The third-order valence-electron chi connectivity index (χ3n) is 3.84. The number of aryl methyl sites for hydroxylation is 1. The number of rotatable bonds is 4. The first-order chi connectivity index (χ1) is 11.5. The van der Waals surface area contributed by atoms with Crippen molar-refractivity contribution in [1.82, 2.24) is 10.3 Å². The molecule has 0 aliphatic carbocycles. The minimum atomic E-state index is -1.38. The van der Waals surface area contributed by atoms with Gasteiger partial charge in [0.1, 0.15) is 11.5 Å². The average molecular weight is 344 g/mol. The van der Waals surface area contributed by atoms with Gasteiger partial charge in [0.2, 0.25) is 0 Å². The Morgan fingerprint density at radius 1 is 1.12 bits per heavy atom. The van der Waals surface area contributed by atoms with Gasteiger partial charge in [-0.25, -0.2) is 0 Å². The van der Waals surface area contributed by atoms with E-state index in [1.165, 1.54) is 0 Å². The van der Waals surface area contributed by atoms with Crippen molar-refractivity contribution in [1.29, 1.82) is 0 Å². The third-order valence-corrected chi connectivity index (χ3v) is 4.96. The van der Waals surface area contributed by atoms with Crippen molar-refractivity contribution in [3.63, 3.8) is 0 Å². The number of methoxy groups -OCH3 is 2.